The molecule has 2 rings (SSSR count). The minimum Gasteiger partial charge on any atom is -0.497 e. The zero-order chi connectivity index (χ0) is 14.9. The van der Waals surface area contributed by atoms with Crippen molar-refractivity contribution in [3.63, 3.8) is 0 Å². The van der Waals surface area contributed by atoms with E-state index in [4.69, 9.17) is 4.74 Å². The summed E-state index contributed by atoms with van der Waals surface area (Å²) in [6.07, 6.45) is 9.71. The van der Waals surface area contributed by atoms with Gasteiger partial charge in [-0.25, -0.2) is 0 Å². The Labute approximate surface area is 127 Å². The molecule has 0 fully saturated rings. The molecule has 1 aromatic carbocycles. The number of carbonyl (C=O) groups is 1. The molecule has 0 saturated heterocycles. The lowest BCUT2D eigenvalue weighted by molar-refractivity contribution is -0.121. The lowest BCUT2D eigenvalue weighted by Crippen LogP contribution is -2.25. The van der Waals surface area contributed by atoms with Gasteiger partial charge in [0.2, 0.25) is 5.91 Å². The van der Waals surface area contributed by atoms with Crippen LogP contribution >= 0.6 is 0 Å². The van der Waals surface area contributed by atoms with E-state index >= 15 is 0 Å². The Bertz CT molecular complexity index is 476. The van der Waals surface area contributed by atoms with Gasteiger partial charge < -0.3 is 10.1 Å². The number of methoxy groups -OCH3 is 1. The summed E-state index contributed by atoms with van der Waals surface area (Å²) in [5.41, 5.74) is 2.68. The standard InChI is InChI=1S/C18H25NO2/c1-21-17-10-7-16(8-11-17)9-12-18(20)19-14-13-15-5-3-2-4-6-15/h5,7-8,10-11H,2-4,6,9,12-14H2,1H3,(H,19,20). The molecule has 21 heavy (non-hydrogen) atoms. The highest BCUT2D eigenvalue weighted by Gasteiger charge is 2.05. The summed E-state index contributed by atoms with van der Waals surface area (Å²) < 4.78 is 5.12. The van der Waals surface area contributed by atoms with Crippen LogP contribution < -0.4 is 10.1 Å². The normalized spacial score (nSPS) is 14.4. The van der Waals surface area contributed by atoms with E-state index in [1.165, 1.54) is 36.8 Å². The molecular formula is C18H25NO2. The van der Waals surface area contributed by atoms with Gasteiger partial charge in [0.1, 0.15) is 5.75 Å². The molecule has 3 nitrogen and oxygen atoms in total. The van der Waals surface area contributed by atoms with E-state index in [9.17, 15) is 4.79 Å². The number of amides is 1. The van der Waals surface area contributed by atoms with Gasteiger partial charge in [0, 0.05) is 13.0 Å². The fourth-order valence-electron chi connectivity index (χ4n) is 2.63. The number of hydrogen-bond acceptors (Lipinski definition) is 2. The summed E-state index contributed by atoms with van der Waals surface area (Å²) in [5, 5.41) is 3.02. The van der Waals surface area contributed by atoms with Gasteiger partial charge in [-0.1, -0.05) is 23.8 Å². The van der Waals surface area contributed by atoms with Crippen molar-refractivity contribution in [2.45, 2.75) is 44.9 Å². The van der Waals surface area contributed by atoms with Gasteiger partial charge in [0.25, 0.3) is 0 Å². The summed E-state index contributed by atoms with van der Waals surface area (Å²) >= 11 is 0. The van der Waals surface area contributed by atoms with Crippen LogP contribution in [0.25, 0.3) is 0 Å². The highest BCUT2D eigenvalue weighted by Crippen LogP contribution is 2.19. The highest BCUT2D eigenvalue weighted by atomic mass is 16.5. The second-order valence-electron chi connectivity index (χ2n) is 5.56. The SMILES string of the molecule is COc1ccc(CCC(=O)NCCC2=CCCCC2)cc1. The molecule has 3 heteroatoms. The first-order chi connectivity index (χ1) is 10.3. The molecule has 0 saturated carbocycles. The van der Waals surface area contributed by atoms with Crippen molar-refractivity contribution >= 4 is 5.91 Å². The second kappa shape index (κ2) is 8.50. The van der Waals surface area contributed by atoms with Crippen LogP contribution in [0.2, 0.25) is 0 Å². The number of hydrogen-bond donors (Lipinski definition) is 1. The van der Waals surface area contributed by atoms with E-state index in [0.29, 0.717) is 6.42 Å². The fraction of sp³-hybridized carbons (Fsp3) is 0.500. The summed E-state index contributed by atoms with van der Waals surface area (Å²) in [7, 11) is 1.66. The number of allylic oxidation sites excluding steroid dienone is 1. The van der Waals surface area contributed by atoms with Gasteiger partial charge in [-0.3, -0.25) is 4.79 Å². The lowest BCUT2D eigenvalue weighted by Gasteiger charge is -2.13. The molecule has 114 valence electrons. The Morgan fingerprint density at radius 3 is 2.67 bits per heavy atom. The monoisotopic (exact) mass is 287 g/mol. The summed E-state index contributed by atoms with van der Waals surface area (Å²) in [4.78, 5) is 11.8. The van der Waals surface area contributed by atoms with Crippen LogP contribution in [-0.4, -0.2) is 19.6 Å². The van der Waals surface area contributed by atoms with E-state index < -0.39 is 0 Å². The molecule has 0 bridgehead atoms. The summed E-state index contributed by atoms with van der Waals surface area (Å²) in [5.74, 6) is 0.992. The van der Waals surface area contributed by atoms with Gasteiger partial charge in [-0.2, -0.15) is 0 Å². The maximum Gasteiger partial charge on any atom is 0.220 e. The first-order valence-corrected chi connectivity index (χ1v) is 7.85. The topological polar surface area (TPSA) is 38.3 Å². The molecule has 0 unspecified atom stereocenters. The highest BCUT2D eigenvalue weighted by molar-refractivity contribution is 5.76. The molecule has 0 heterocycles. The first kappa shape index (κ1) is 15.6. The van der Waals surface area contributed by atoms with Crippen LogP contribution in [0.5, 0.6) is 5.75 Å². The van der Waals surface area contributed by atoms with Crippen LogP contribution in [0.3, 0.4) is 0 Å². The van der Waals surface area contributed by atoms with Crippen molar-refractivity contribution in [1.29, 1.82) is 0 Å². The Morgan fingerprint density at radius 2 is 2.00 bits per heavy atom. The maximum absolute atomic E-state index is 11.8. The minimum absolute atomic E-state index is 0.141. The van der Waals surface area contributed by atoms with Crippen molar-refractivity contribution in [2.24, 2.45) is 0 Å². The lowest BCUT2D eigenvalue weighted by atomic mass is 9.97. The Balaban J connectivity index is 1.63. The molecule has 0 atom stereocenters. The second-order valence-corrected chi connectivity index (χ2v) is 5.56. The van der Waals surface area contributed by atoms with Crippen molar-refractivity contribution in [3.8, 4) is 5.75 Å². The number of rotatable bonds is 7. The van der Waals surface area contributed by atoms with Crippen LogP contribution in [-0.2, 0) is 11.2 Å². The molecular weight excluding hydrogens is 262 g/mol. The summed E-state index contributed by atoms with van der Waals surface area (Å²) in [6.45, 7) is 0.771. The van der Waals surface area contributed by atoms with E-state index in [0.717, 1.165) is 25.1 Å². The van der Waals surface area contributed by atoms with Crippen molar-refractivity contribution in [2.75, 3.05) is 13.7 Å². The van der Waals surface area contributed by atoms with E-state index in [-0.39, 0.29) is 5.91 Å². The van der Waals surface area contributed by atoms with Crippen LogP contribution in [0.4, 0.5) is 0 Å². The third kappa shape index (κ3) is 5.62. The average molecular weight is 287 g/mol. The first-order valence-electron chi connectivity index (χ1n) is 7.85. The third-order valence-corrected chi connectivity index (χ3v) is 3.95. The average Bonchev–Trinajstić information content (AvgIpc) is 2.54. The molecule has 1 N–H and O–H groups in total. The number of benzene rings is 1. The fourth-order valence-corrected chi connectivity index (χ4v) is 2.63. The molecule has 0 aliphatic heterocycles. The van der Waals surface area contributed by atoms with Crippen molar-refractivity contribution in [1.82, 2.24) is 5.32 Å². The van der Waals surface area contributed by atoms with Gasteiger partial charge in [0.15, 0.2) is 0 Å². The molecule has 0 radical (unpaired) electrons. The maximum atomic E-state index is 11.8. The molecule has 1 amide bonds. The molecule has 0 spiro atoms. The molecule has 1 aromatic rings. The van der Waals surface area contributed by atoms with Crippen LogP contribution in [0.1, 0.15) is 44.1 Å². The van der Waals surface area contributed by atoms with E-state index in [1.54, 1.807) is 7.11 Å². The predicted octanol–water partition coefficient (Wildman–Crippen LogP) is 3.63. The Kier molecular flexibility index (Phi) is 6.32. The van der Waals surface area contributed by atoms with Crippen LogP contribution in [0.15, 0.2) is 35.9 Å². The van der Waals surface area contributed by atoms with Gasteiger partial charge >= 0.3 is 0 Å². The van der Waals surface area contributed by atoms with Crippen LogP contribution in [0, 0.1) is 0 Å². The van der Waals surface area contributed by atoms with Gasteiger partial charge in [0.05, 0.1) is 7.11 Å². The zero-order valence-electron chi connectivity index (χ0n) is 12.9. The Hall–Kier alpha value is -1.77. The number of nitrogens with one attached hydrogen (secondary N) is 1. The quantitative estimate of drug-likeness (QED) is 0.778. The van der Waals surface area contributed by atoms with Crippen molar-refractivity contribution in [3.05, 3.63) is 41.5 Å². The molecule has 1 aliphatic rings. The number of carbonyl (C=O) groups excluding carboxylic acids is 1. The largest absolute Gasteiger partial charge is 0.497 e. The van der Waals surface area contributed by atoms with Gasteiger partial charge in [-0.05, 0) is 56.2 Å². The van der Waals surface area contributed by atoms with Gasteiger partial charge in [-0.15, -0.1) is 0 Å². The predicted molar refractivity (Wildman–Crippen MR) is 85.5 cm³/mol. The minimum atomic E-state index is 0.141. The zero-order valence-corrected chi connectivity index (χ0v) is 12.9. The Morgan fingerprint density at radius 1 is 1.19 bits per heavy atom. The third-order valence-electron chi connectivity index (χ3n) is 3.95. The molecule has 1 aliphatic carbocycles. The van der Waals surface area contributed by atoms with E-state index in [2.05, 4.69) is 11.4 Å². The number of ether oxygens (including phenoxy) is 1. The summed E-state index contributed by atoms with van der Waals surface area (Å²) in [6, 6.07) is 7.89. The molecule has 0 aromatic heterocycles. The number of aryl methyl sites for hydroxylation is 1. The smallest absolute Gasteiger partial charge is 0.220 e. The van der Waals surface area contributed by atoms with Crippen molar-refractivity contribution < 1.29 is 9.53 Å². The van der Waals surface area contributed by atoms with E-state index in [1.807, 2.05) is 24.3 Å².